The number of hydrogen-bond acceptors (Lipinski definition) is 3. The van der Waals surface area contributed by atoms with E-state index in [9.17, 15) is 9.18 Å². The third-order valence-corrected chi connectivity index (χ3v) is 3.56. The maximum Gasteiger partial charge on any atom is 0.244 e. The smallest absolute Gasteiger partial charge is 0.244 e. The van der Waals surface area contributed by atoms with E-state index in [0.29, 0.717) is 6.54 Å². The molecule has 1 fully saturated rings. The number of carbonyl (C=O) groups is 1. The summed E-state index contributed by atoms with van der Waals surface area (Å²) in [4.78, 5) is 13.9. The Balaban J connectivity index is 1.77. The molecule has 1 saturated heterocycles. The van der Waals surface area contributed by atoms with E-state index in [4.69, 9.17) is 16.3 Å². The van der Waals surface area contributed by atoms with Crippen molar-refractivity contribution in [3.8, 4) is 0 Å². The monoisotopic (exact) mass is 312 g/mol. The minimum atomic E-state index is -0.445. The van der Waals surface area contributed by atoms with Crippen LogP contribution < -0.4 is 5.32 Å². The van der Waals surface area contributed by atoms with Crippen LogP contribution in [0.5, 0.6) is 0 Å². The summed E-state index contributed by atoms with van der Waals surface area (Å²) in [7, 11) is 0. The molecular formula is C15H18ClFN2O2. The number of ether oxygens (including phenoxy) is 1. The number of nitrogens with one attached hydrogen (secondary N) is 1. The van der Waals surface area contributed by atoms with Crippen LogP contribution in [0.15, 0.2) is 24.3 Å². The Morgan fingerprint density at radius 3 is 2.90 bits per heavy atom. The summed E-state index contributed by atoms with van der Waals surface area (Å²) >= 11 is 5.88. The Morgan fingerprint density at radius 2 is 2.19 bits per heavy atom. The molecule has 0 unspecified atom stereocenters. The molecule has 0 atom stereocenters. The number of hydrogen-bond donors (Lipinski definition) is 1. The van der Waals surface area contributed by atoms with Crippen LogP contribution in [-0.4, -0.2) is 50.2 Å². The van der Waals surface area contributed by atoms with Crippen LogP contribution in [0.1, 0.15) is 5.56 Å². The van der Waals surface area contributed by atoms with E-state index in [2.05, 4.69) is 10.2 Å². The van der Waals surface area contributed by atoms with Crippen LogP contribution in [0.25, 0.3) is 6.08 Å². The fraction of sp³-hybridized carbons (Fsp3) is 0.400. The van der Waals surface area contributed by atoms with Gasteiger partial charge in [-0.1, -0.05) is 17.7 Å². The zero-order chi connectivity index (χ0) is 15.1. The zero-order valence-electron chi connectivity index (χ0n) is 11.6. The normalized spacial score (nSPS) is 16.3. The molecule has 1 amide bonds. The lowest BCUT2D eigenvalue weighted by Gasteiger charge is -2.26. The van der Waals surface area contributed by atoms with Crippen LogP contribution in [-0.2, 0) is 9.53 Å². The summed E-state index contributed by atoms with van der Waals surface area (Å²) < 4.78 is 18.8. The van der Waals surface area contributed by atoms with E-state index >= 15 is 0 Å². The average molecular weight is 313 g/mol. The average Bonchev–Trinajstić information content (AvgIpc) is 2.48. The third-order valence-electron chi connectivity index (χ3n) is 3.23. The second-order valence-electron chi connectivity index (χ2n) is 4.71. The van der Waals surface area contributed by atoms with Gasteiger partial charge in [-0.2, -0.15) is 0 Å². The Labute approximate surface area is 128 Å². The highest BCUT2D eigenvalue weighted by atomic mass is 35.5. The largest absolute Gasteiger partial charge is 0.379 e. The minimum Gasteiger partial charge on any atom is -0.379 e. The van der Waals surface area contributed by atoms with Crippen molar-refractivity contribution in [1.29, 1.82) is 0 Å². The predicted octanol–water partition coefficient (Wildman–Crippen LogP) is 1.94. The van der Waals surface area contributed by atoms with Gasteiger partial charge in [0.1, 0.15) is 5.82 Å². The van der Waals surface area contributed by atoms with Crippen LogP contribution in [0.4, 0.5) is 4.39 Å². The van der Waals surface area contributed by atoms with E-state index in [0.717, 1.165) is 32.8 Å². The van der Waals surface area contributed by atoms with Crippen molar-refractivity contribution in [3.63, 3.8) is 0 Å². The second kappa shape index (κ2) is 8.12. The standard InChI is InChI=1S/C15H18ClFN2O2/c16-13-2-1-3-14(17)12(13)4-5-15(20)18-6-7-19-8-10-21-11-9-19/h1-5H,6-11H2,(H,18,20). The van der Waals surface area contributed by atoms with Crippen molar-refractivity contribution >= 4 is 23.6 Å². The molecule has 0 bridgehead atoms. The maximum absolute atomic E-state index is 13.5. The number of rotatable bonds is 5. The number of nitrogens with zero attached hydrogens (tertiary/aromatic N) is 1. The van der Waals surface area contributed by atoms with E-state index < -0.39 is 5.82 Å². The fourth-order valence-corrected chi connectivity index (χ4v) is 2.28. The van der Waals surface area contributed by atoms with Crippen LogP contribution >= 0.6 is 11.6 Å². The van der Waals surface area contributed by atoms with Crippen molar-refractivity contribution in [3.05, 3.63) is 40.7 Å². The van der Waals surface area contributed by atoms with Crippen LogP contribution in [0.2, 0.25) is 5.02 Å². The van der Waals surface area contributed by atoms with E-state index in [-0.39, 0.29) is 16.5 Å². The molecule has 1 aliphatic heterocycles. The van der Waals surface area contributed by atoms with Gasteiger partial charge in [0.2, 0.25) is 5.91 Å². The van der Waals surface area contributed by atoms with Gasteiger partial charge < -0.3 is 10.1 Å². The molecule has 21 heavy (non-hydrogen) atoms. The van der Waals surface area contributed by atoms with Gasteiger partial charge in [0, 0.05) is 37.8 Å². The van der Waals surface area contributed by atoms with Gasteiger partial charge in [-0.05, 0) is 18.2 Å². The molecule has 114 valence electrons. The fourth-order valence-electron chi connectivity index (χ4n) is 2.05. The van der Waals surface area contributed by atoms with Crippen molar-refractivity contribution in [2.45, 2.75) is 0 Å². The Morgan fingerprint density at radius 1 is 1.43 bits per heavy atom. The van der Waals surface area contributed by atoms with Crippen molar-refractivity contribution < 1.29 is 13.9 Å². The van der Waals surface area contributed by atoms with Gasteiger partial charge in [0.25, 0.3) is 0 Å². The van der Waals surface area contributed by atoms with E-state index in [1.54, 1.807) is 6.07 Å². The lowest BCUT2D eigenvalue weighted by atomic mass is 10.2. The summed E-state index contributed by atoms with van der Waals surface area (Å²) in [5, 5.41) is 3.05. The van der Waals surface area contributed by atoms with Gasteiger partial charge in [0.15, 0.2) is 0 Å². The second-order valence-corrected chi connectivity index (χ2v) is 5.12. The molecule has 1 aromatic rings. The molecule has 0 spiro atoms. The molecular weight excluding hydrogens is 295 g/mol. The lowest BCUT2D eigenvalue weighted by Crippen LogP contribution is -2.41. The Hall–Kier alpha value is -1.43. The van der Waals surface area contributed by atoms with Crippen molar-refractivity contribution in [2.75, 3.05) is 39.4 Å². The first-order valence-electron chi connectivity index (χ1n) is 6.87. The number of benzene rings is 1. The SMILES string of the molecule is O=C(C=Cc1c(F)cccc1Cl)NCCN1CCOCC1. The highest BCUT2D eigenvalue weighted by Crippen LogP contribution is 2.20. The highest BCUT2D eigenvalue weighted by molar-refractivity contribution is 6.32. The molecule has 0 radical (unpaired) electrons. The summed E-state index contributed by atoms with van der Waals surface area (Å²) in [5.41, 5.74) is 0.225. The first kappa shape index (κ1) is 15.9. The molecule has 6 heteroatoms. The third kappa shape index (κ3) is 5.12. The zero-order valence-corrected chi connectivity index (χ0v) is 12.4. The quantitative estimate of drug-likeness (QED) is 0.845. The number of amides is 1. The number of carbonyl (C=O) groups excluding carboxylic acids is 1. The van der Waals surface area contributed by atoms with Gasteiger partial charge >= 0.3 is 0 Å². The minimum absolute atomic E-state index is 0.225. The molecule has 0 aromatic heterocycles. The van der Waals surface area contributed by atoms with Crippen molar-refractivity contribution in [2.24, 2.45) is 0 Å². The molecule has 1 N–H and O–H groups in total. The molecule has 1 heterocycles. The summed E-state index contributed by atoms with van der Waals surface area (Å²) in [6.45, 7) is 4.57. The van der Waals surface area contributed by atoms with Gasteiger partial charge in [-0.25, -0.2) is 4.39 Å². The Kier molecular flexibility index (Phi) is 6.17. The summed E-state index contributed by atoms with van der Waals surface area (Å²) in [6.07, 6.45) is 2.69. The Bertz CT molecular complexity index is 496. The molecule has 0 saturated carbocycles. The van der Waals surface area contributed by atoms with Gasteiger partial charge in [-0.3, -0.25) is 9.69 Å². The maximum atomic E-state index is 13.5. The molecule has 1 aromatic carbocycles. The molecule has 1 aliphatic rings. The molecule has 2 rings (SSSR count). The highest BCUT2D eigenvalue weighted by Gasteiger charge is 2.09. The first-order valence-corrected chi connectivity index (χ1v) is 7.24. The van der Waals surface area contributed by atoms with E-state index in [1.807, 2.05) is 0 Å². The summed E-state index contributed by atoms with van der Waals surface area (Å²) in [6, 6.07) is 4.42. The topological polar surface area (TPSA) is 41.6 Å². The van der Waals surface area contributed by atoms with Gasteiger partial charge in [0.05, 0.1) is 18.2 Å². The van der Waals surface area contributed by atoms with Gasteiger partial charge in [-0.15, -0.1) is 0 Å². The van der Waals surface area contributed by atoms with E-state index in [1.165, 1.54) is 24.3 Å². The first-order chi connectivity index (χ1) is 10.2. The van der Waals surface area contributed by atoms with Crippen LogP contribution in [0, 0.1) is 5.82 Å². The molecule has 0 aliphatic carbocycles. The lowest BCUT2D eigenvalue weighted by molar-refractivity contribution is -0.116. The summed E-state index contributed by atoms with van der Waals surface area (Å²) in [5.74, 6) is -0.706. The predicted molar refractivity (Wildman–Crippen MR) is 80.7 cm³/mol. The molecule has 4 nitrogen and oxygen atoms in total. The number of halogens is 2. The number of morpholine rings is 1. The van der Waals surface area contributed by atoms with Crippen LogP contribution in [0.3, 0.4) is 0 Å². The van der Waals surface area contributed by atoms with Crippen molar-refractivity contribution in [1.82, 2.24) is 10.2 Å².